The summed E-state index contributed by atoms with van der Waals surface area (Å²) in [6, 6.07) is 0. The molecule has 0 atom stereocenters. The highest BCUT2D eigenvalue weighted by Crippen LogP contribution is 1.83. The first-order chi connectivity index (χ1) is 4.20. The third-order valence-corrected chi connectivity index (χ3v) is 0.997. The fraction of sp³-hybridized carbons (Fsp3) is 0.500. The molecule has 1 radical (unpaired) electrons. The Kier molecular flexibility index (Phi) is 3.85. The normalized spacial score (nSPS) is 10.8. The Hall–Kier alpha value is -0.725. The van der Waals surface area contributed by atoms with Crippen LogP contribution >= 0.6 is 0 Å². The lowest BCUT2D eigenvalue weighted by molar-refractivity contribution is 0.493. The monoisotopic (exact) mass is 123 g/mol. The highest BCUT2D eigenvalue weighted by molar-refractivity contribution is 6.73. The van der Waals surface area contributed by atoms with E-state index >= 15 is 0 Å². The Morgan fingerprint density at radius 1 is 1.78 bits per heavy atom. The summed E-state index contributed by atoms with van der Waals surface area (Å²) >= 11 is 0. The van der Waals surface area contributed by atoms with Gasteiger partial charge in [-0.15, -0.1) is 0 Å². The second-order valence-corrected chi connectivity index (χ2v) is 1.79. The smallest absolute Gasteiger partial charge is 0.170 e. The molecular weight excluding hydrogens is 111 g/mol. The van der Waals surface area contributed by atoms with E-state index in [2.05, 4.69) is 11.7 Å². The van der Waals surface area contributed by atoms with Crippen molar-refractivity contribution in [2.24, 2.45) is 5.10 Å². The van der Waals surface area contributed by atoms with Crippen LogP contribution in [0.25, 0.3) is 0 Å². The first-order valence-corrected chi connectivity index (χ1v) is 2.90. The Labute approximate surface area is 57.5 Å². The second-order valence-electron chi connectivity index (χ2n) is 1.79. The van der Waals surface area contributed by atoms with Gasteiger partial charge in [0.15, 0.2) is 7.28 Å². The first-order valence-electron chi connectivity index (χ1n) is 2.90. The summed E-state index contributed by atoms with van der Waals surface area (Å²) in [5.74, 6) is 0. The Morgan fingerprint density at radius 3 is 2.67 bits per heavy atom. The van der Waals surface area contributed by atoms with Crippen LogP contribution in [-0.4, -0.2) is 24.9 Å². The lowest BCUT2D eigenvalue weighted by Gasteiger charge is -2.05. The maximum absolute atomic E-state index is 4.09. The predicted octanol–water partition coefficient (Wildman–Crippen LogP) is 1.15. The van der Waals surface area contributed by atoms with Gasteiger partial charge in [-0.1, -0.05) is 13.4 Å². The van der Waals surface area contributed by atoms with Crippen LogP contribution in [0.4, 0.5) is 0 Å². The average molecular weight is 123 g/mol. The van der Waals surface area contributed by atoms with E-state index in [1.807, 2.05) is 28.1 Å². The topological polar surface area (TPSA) is 15.6 Å². The van der Waals surface area contributed by atoms with Crippen LogP contribution in [0.5, 0.6) is 0 Å². The predicted molar refractivity (Wildman–Crippen MR) is 42.7 cm³/mol. The molecule has 0 fully saturated rings. The summed E-state index contributed by atoms with van der Waals surface area (Å²) in [5.41, 5.74) is 0.998. The molecule has 0 aromatic heterocycles. The Balaban J connectivity index is 3.78. The minimum Gasteiger partial charge on any atom is -0.277 e. The Bertz CT molecular complexity index is 120. The minimum absolute atomic E-state index is 0.998. The highest BCUT2D eigenvalue weighted by atomic mass is 15.4. The van der Waals surface area contributed by atoms with Crippen LogP contribution < -0.4 is 0 Å². The van der Waals surface area contributed by atoms with Crippen LogP contribution in [0.2, 0.25) is 6.82 Å². The third kappa shape index (κ3) is 3.82. The molecule has 0 heterocycles. The largest absolute Gasteiger partial charge is 0.277 e. The molecule has 0 rings (SSSR count). The molecule has 0 amide bonds. The fourth-order valence-corrected chi connectivity index (χ4v) is 0.347. The summed E-state index contributed by atoms with van der Waals surface area (Å²) in [6.07, 6.45) is 1.66. The summed E-state index contributed by atoms with van der Waals surface area (Å²) in [7, 11) is 3.79. The zero-order chi connectivity index (χ0) is 7.28. The number of rotatable bonds is 3. The van der Waals surface area contributed by atoms with Crippen molar-refractivity contribution in [2.45, 2.75) is 13.7 Å². The molecular formula is C6H12BN2. The van der Waals surface area contributed by atoms with E-state index in [0.717, 1.165) is 5.61 Å². The van der Waals surface area contributed by atoms with E-state index in [0.29, 0.717) is 0 Å². The van der Waals surface area contributed by atoms with E-state index in [9.17, 15) is 0 Å². The van der Waals surface area contributed by atoms with Crippen LogP contribution in [0.3, 0.4) is 0 Å². The van der Waals surface area contributed by atoms with Crippen molar-refractivity contribution in [1.82, 2.24) is 5.01 Å². The van der Waals surface area contributed by atoms with Gasteiger partial charge in [0, 0.05) is 13.2 Å². The van der Waals surface area contributed by atoms with E-state index in [-0.39, 0.29) is 0 Å². The highest BCUT2D eigenvalue weighted by Gasteiger charge is 1.87. The molecule has 0 aromatic rings. The number of nitrogens with zero attached hydrogens (tertiary/aromatic N) is 2. The van der Waals surface area contributed by atoms with Crippen LogP contribution in [0, 0.1) is 0 Å². The quantitative estimate of drug-likeness (QED) is 0.312. The molecule has 0 aliphatic heterocycles. The van der Waals surface area contributed by atoms with Crippen LogP contribution in [0.15, 0.2) is 17.9 Å². The van der Waals surface area contributed by atoms with Crippen LogP contribution in [-0.2, 0) is 0 Å². The van der Waals surface area contributed by atoms with Crippen molar-refractivity contribution < 1.29 is 0 Å². The van der Waals surface area contributed by atoms with Gasteiger partial charge in [0.05, 0.1) is 0 Å². The second kappa shape index (κ2) is 4.18. The molecule has 0 saturated carbocycles. The molecule has 0 aromatic carbocycles. The lowest BCUT2D eigenvalue weighted by atomic mass is 9.77. The fourth-order valence-electron chi connectivity index (χ4n) is 0.347. The van der Waals surface area contributed by atoms with Crippen molar-refractivity contribution in [1.29, 1.82) is 0 Å². The summed E-state index contributed by atoms with van der Waals surface area (Å²) in [6.45, 7) is 7.45. The van der Waals surface area contributed by atoms with Crippen molar-refractivity contribution in [3.8, 4) is 0 Å². The standard InChI is InChI=1S/C6H12BN2/c1-5-9(4)8-6(2)7-3/h5H,1H2,2-4H3/b8-6+. The third-order valence-electron chi connectivity index (χ3n) is 0.997. The summed E-state index contributed by atoms with van der Waals surface area (Å²) in [4.78, 5) is 0. The van der Waals surface area contributed by atoms with E-state index in [1.165, 1.54) is 0 Å². The summed E-state index contributed by atoms with van der Waals surface area (Å²) < 4.78 is 0. The maximum atomic E-state index is 4.09. The first kappa shape index (κ1) is 8.27. The van der Waals surface area contributed by atoms with E-state index in [4.69, 9.17) is 0 Å². The summed E-state index contributed by atoms with van der Waals surface area (Å²) in [5, 5.41) is 5.77. The molecule has 49 valence electrons. The average Bonchev–Trinajstić information content (AvgIpc) is 1.87. The lowest BCUT2D eigenvalue weighted by Crippen LogP contribution is -2.08. The Morgan fingerprint density at radius 2 is 2.33 bits per heavy atom. The van der Waals surface area contributed by atoms with Crippen molar-refractivity contribution in [3.05, 3.63) is 12.8 Å². The molecule has 0 saturated heterocycles. The van der Waals surface area contributed by atoms with E-state index in [1.54, 1.807) is 11.2 Å². The maximum Gasteiger partial charge on any atom is 0.170 e. The number of hydrazone groups is 1. The van der Waals surface area contributed by atoms with Gasteiger partial charge >= 0.3 is 0 Å². The van der Waals surface area contributed by atoms with Gasteiger partial charge < -0.3 is 0 Å². The van der Waals surface area contributed by atoms with Crippen molar-refractivity contribution >= 4 is 12.9 Å². The van der Waals surface area contributed by atoms with Gasteiger partial charge in [0.2, 0.25) is 0 Å². The molecule has 3 heteroatoms. The molecule has 0 unspecified atom stereocenters. The van der Waals surface area contributed by atoms with Gasteiger partial charge in [0.25, 0.3) is 0 Å². The van der Waals surface area contributed by atoms with Gasteiger partial charge in [-0.2, -0.15) is 5.10 Å². The molecule has 0 N–H and O–H groups in total. The number of hydrogen-bond donors (Lipinski definition) is 0. The molecule has 9 heavy (non-hydrogen) atoms. The molecule has 0 aliphatic carbocycles. The van der Waals surface area contributed by atoms with Crippen LogP contribution in [0.1, 0.15) is 6.92 Å². The van der Waals surface area contributed by atoms with Gasteiger partial charge in [-0.05, 0) is 12.5 Å². The van der Waals surface area contributed by atoms with Gasteiger partial charge in [-0.25, -0.2) is 0 Å². The molecule has 2 nitrogen and oxygen atoms in total. The SMILES string of the molecule is C=CN(C)/N=C(\C)[B]C. The molecule has 0 aliphatic rings. The van der Waals surface area contributed by atoms with Crippen molar-refractivity contribution in [2.75, 3.05) is 7.05 Å². The zero-order valence-electron chi connectivity index (χ0n) is 6.26. The minimum atomic E-state index is 0.998. The zero-order valence-corrected chi connectivity index (χ0v) is 6.26. The molecule has 0 spiro atoms. The van der Waals surface area contributed by atoms with Gasteiger partial charge in [0.1, 0.15) is 0 Å². The molecule has 0 bridgehead atoms. The van der Waals surface area contributed by atoms with Gasteiger partial charge in [-0.3, -0.25) is 5.01 Å². The van der Waals surface area contributed by atoms with E-state index < -0.39 is 0 Å². The number of hydrogen-bond acceptors (Lipinski definition) is 2. The van der Waals surface area contributed by atoms with Crippen molar-refractivity contribution in [3.63, 3.8) is 0 Å².